The van der Waals surface area contributed by atoms with Crippen LogP contribution in [0, 0.1) is 0 Å². The Hall–Kier alpha value is -0.0800. The molecule has 2 nitrogen and oxygen atoms in total. The van der Waals surface area contributed by atoms with Crippen LogP contribution in [0.4, 0.5) is 0 Å². The molecule has 1 aliphatic carbocycles. The van der Waals surface area contributed by atoms with E-state index in [2.05, 4.69) is 12.2 Å². The average molecular weight is 170 g/mol. The van der Waals surface area contributed by atoms with Crippen LogP contribution in [0.5, 0.6) is 0 Å². The Labute approximate surface area is 75.9 Å². The minimum atomic E-state index is 0.380. The minimum absolute atomic E-state index is 0.380. The fourth-order valence-electron chi connectivity index (χ4n) is 1.50. The number of hydrogen-bond acceptors (Lipinski definition) is 2. The van der Waals surface area contributed by atoms with Crippen molar-refractivity contribution >= 4 is 0 Å². The number of nitrogens with one attached hydrogen (secondary N) is 1. The lowest BCUT2D eigenvalue weighted by molar-refractivity contribution is 0.328. The monoisotopic (exact) mass is 170 g/mol. The fourth-order valence-corrected chi connectivity index (χ4v) is 1.50. The Morgan fingerprint density at radius 2 is 2.25 bits per heavy atom. The number of nitrogens with two attached hydrogens (primary N) is 1. The number of hydrogen-bond donors (Lipinski definition) is 2. The van der Waals surface area contributed by atoms with Crippen LogP contribution in [0.1, 0.15) is 45.4 Å². The van der Waals surface area contributed by atoms with E-state index in [-0.39, 0.29) is 0 Å². The number of rotatable bonds is 6. The van der Waals surface area contributed by atoms with Crippen LogP contribution in [0.3, 0.4) is 0 Å². The second-order valence-corrected chi connectivity index (χ2v) is 3.94. The highest BCUT2D eigenvalue weighted by Gasteiger charge is 2.16. The molecule has 1 rings (SSSR count). The summed E-state index contributed by atoms with van der Waals surface area (Å²) < 4.78 is 0. The van der Waals surface area contributed by atoms with Crippen molar-refractivity contribution < 1.29 is 0 Å². The Kier molecular flexibility index (Phi) is 4.62. The van der Waals surface area contributed by atoms with E-state index >= 15 is 0 Å². The van der Waals surface area contributed by atoms with Crippen molar-refractivity contribution in [2.75, 3.05) is 6.54 Å². The Bertz CT molecular complexity index is 110. The standard InChI is InChI=1S/C10H22N2/c1-2-3-5-9(11)8-12-10-6-4-7-10/h9-10,12H,2-8,11H2,1H3. The van der Waals surface area contributed by atoms with Crippen LogP contribution in [0.2, 0.25) is 0 Å². The molecule has 0 amide bonds. The van der Waals surface area contributed by atoms with Gasteiger partial charge < -0.3 is 11.1 Å². The van der Waals surface area contributed by atoms with Crippen molar-refractivity contribution in [3.63, 3.8) is 0 Å². The Balaban J connectivity index is 1.90. The summed E-state index contributed by atoms with van der Waals surface area (Å²) in [6.07, 6.45) is 7.84. The van der Waals surface area contributed by atoms with Gasteiger partial charge in [0, 0.05) is 18.6 Å². The summed E-state index contributed by atoms with van der Waals surface area (Å²) in [5.74, 6) is 0. The van der Waals surface area contributed by atoms with Crippen molar-refractivity contribution in [3.05, 3.63) is 0 Å². The summed E-state index contributed by atoms with van der Waals surface area (Å²) in [4.78, 5) is 0. The highest BCUT2D eigenvalue weighted by molar-refractivity contribution is 4.78. The molecule has 0 heterocycles. The molecule has 12 heavy (non-hydrogen) atoms. The molecule has 1 unspecified atom stereocenters. The molecule has 0 aromatic rings. The highest BCUT2D eigenvalue weighted by Crippen LogP contribution is 2.17. The van der Waals surface area contributed by atoms with Gasteiger partial charge >= 0.3 is 0 Å². The third-order valence-corrected chi connectivity index (χ3v) is 2.70. The maximum atomic E-state index is 5.92. The van der Waals surface area contributed by atoms with Gasteiger partial charge in [-0.05, 0) is 19.3 Å². The van der Waals surface area contributed by atoms with E-state index in [0.29, 0.717) is 6.04 Å². The zero-order valence-corrected chi connectivity index (χ0v) is 8.18. The van der Waals surface area contributed by atoms with Gasteiger partial charge in [0.05, 0.1) is 0 Å². The first-order chi connectivity index (χ1) is 5.83. The van der Waals surface area contributed by atoms with E-state index < -0.39 is 0 Å². The Morgan fingerprint density at radius 3 is 2.75 bits per heavy atom. The average Bonchev–Trinajstić information content (AvgIpc) is 1.98. The molecule has 0 bridgehead atoms. The molecule has 1 saturated carbocycles. The lowest BCUT2D eigenvalue weighted by Gasteiger charge is -2.28. The molecular weight excluding hydrogens is 148 g/mol. The first-order valence-corrected chi connectivity index (χ1v) is 5.32. The SMILES string of the molecule is CCCCC(N)CNC1CCC1. The van der Waals surface area contributed by atoms with Crippen LogP contribution < -0.4 is 11.1 Å². The quantitative estimate of drug-likeness (QED) is 0.636. The summed E-state index contributed by atoms with van der Waals surface area (Å²) in [7, 11) is 0. The predicted octanol–water partition coefficient (Wildman–Crippen LogP) is 1.65. The summed E-state index contributed by atoms with van der Waals surface area (Å²) >= 11 is 0. The molecule has 2 heteroatoms. The van der Waals surface area contributed by atoms with Crippen LogP contribution in [0.15, 0.2) is 0 Å². The van der Waals surface area contributed by atoms with Crippen molar-refractivity contribution in [1.82, 2.24) is 5.32 Å². The summed E-state index contributed by atoms with van der Waals surface area (Å²) in [6.45, 7) is 3.23. The summed E-state index contributed by atoms with van der Waals surface area (Å²) in [6, 6.07) is 1.17. The second-order valence-electron chi connectivity index (χ2n) is 3.94. The van der Waals surface area contributed by atoms with Gasteiger partial charge in [0.2, 0.25) is 0 Å². The normalized spacial score (nSPS) is 20.5. The van der Waals surface area contributed by atoms with Gasteiger partial charge in [0.1, 0.15) is 0 Å². The molecule has 0 aromatic heterocycles. The van der Waals surface area contributed by atoms with Gasteiger partial charge in [-0.3, -0.25) is 0 Å². The fraction of sp³-hybridized carbons (Fsp3) is 1.00. The lowest BCUT2D eigenvalue weighted by Crippen LogP contribution is -2.42. The highest BCUT2D eigenvalue weighted by atomic mass is 14.9. The van der Waals surface area contributed by atoms with Gasteiger partial charge in [0.25, 0.3) is 0 Å². The first-order valence-electron chi connectivity index (χ1n) is 5.32. The van der Waals surface area contributed by atoms with E-state index in [1.165, 1.54) is 38.5 Å². The van der Waals surface area contributed by atoms with E-state index in [9.17, 15) is 0 Å². The molecule has 0 saturated heterocycles. The molecule has 1 atom stereocenters. The van der Waals surface area contributed by atoms with E-state index in [0.717, 1.165) is 12.6 Å². The molecule has 0 aliphatic heterocycles. The zero-order valence-electron chi connectivity index (χ0n) is 8.18. The molecular formula is C10H22N2. The van der Waals surface area contributed by atoms with Gasteiger partial charge in [-0.1, -0.05) is 26.2 Å². The topological polar surface area (TPSA) is 38.0 Å². The summed E-state index contributed by atoms with van der Waals surface area (Å²) in [5, 5.41) is 3.50. The van der Waals surface area contributed by atoms with E-state index in [4.69, 9.17) is 5.73 Å². The van der Waals surface area contributed by atoms with Gasteiger partial charge in [-0.2, -0.15) is 0 Å². The maximum absolute atomic E-state index is 5.92. The van der Waals surface area contributed by atoms with Crippen LogP contribution in [-0.2, 0) is 0 Å². The molecule has 72 valence electrons. The molecule has 0 radical (unpaired) electrons. The first kappa shape index (κ1) is 10.0. The van der Waals surface area contributed by atoms with Crippen molar-refractivity contribution in [1.29, 1.82) is 0 Å². The summed E-state index contributed by atoms with van der Waals surface area (Å²) in [5.41, 5.74) is 5.92. The zero-order chi connectivity index (χ0) is 8.81. The third-order valence-electron chi connectivity index (χ3n) is 2.70. The van der Waals surface area contributed by atoms with Gasteiger partial charge in [0.15, 0.2) is 0 Å². The van der Waals surface area contributed by atoms with Crippen LogP contribution in [-0.4, -0.2) is 18.6 Å². The largest absolute Gasteiger partial charge is 0.327 e. The Morgan fingerprint density at radius 1 is 1.50 bits per heavy atom. The molecule has 1 aliphatic rings. The van der Waals surface area contributed by atoms with Crippen molar-refractivity contribution in [2.24, 2.45) is 5.73 Å². The van der Waals surface area contributed by atoms with Crippen LogP contribution in [0.25, 0.3) is 0 Å². The van der Waals surface area contributed by atoms with E-state index in [1.54, 1.807) is 0 Å². The molecule has 3 N–H and O–H groups in total. The molecule has 1 fully saturated rings. The molecule has 0 aromatic carbocycles. The van der Waals surface area contributed by atoms with Crippen molar-refractivity contribution in [2.45, 2.75) is 57.5 Å². The molecule has 0 spiro atoms. The van der Waals surface area contributed by atoms with Gasteiger partial charge in [-0.25, -0.2) is 0 Å². The van der Waals surface area contributed by atoms with Crippen molar-refractivity contribution in [3.8, 4) is 0 Å². The smallest absolute Gasteiger partial charge is 0.0165 e. The predicted molar refractivity (Wildman–Crippen MR) is 53.1 cm³/mol. The third kappa shape index (κ3) is 3.55. The van der Waals surface area contributed by atoms with Crippen LogP contribution >= 0.6 is 0 Å². The second kappa shape index (κ2) is 5.55. The lowest BCUT2D eigenvalue weighted by atomic mass is 9.93. The minimum Gasteiger partial charge on any atom is -0.327 e. The van der Waals surface area contributed by atoms with Gasteiger partial charge in [-0.15, -0.1) is 0 Å². The van der Waals surface area contributed by atoms with E-state index in [1.807, 2.05) is 0 Å². The number of unbranched alkanes of at least 4 members (excludes halogenated alkanes) is 1. The maximum Gasteiger partial charge on any atom is 0.0165 e.